The van der Waals surface area contributed by atoms with E-state index in [0.29, 0.717) is 0 Å². The maximum atomic E-state index is 6.07. The Bertz CT molecular complexity index is 866. The van der Waals surface area contributed by atoms with E-state index >= 15 is 0 Å². The number of aromatic nitrogens is 1. The fourth-order valence-electron chi connectivity index (χ4n) is 3.67. The summed E-state index contributed by atoms with van der Waals surface area (Å²) in [4.78, 5) is 2.24. The molecule has 4 rings (SSSR count). The van der Waals surface area contributed by atoms with Crippen LogP contribution >= 0.6 is 0 Å². The van der Waals surface area contributed by atoms with E-state index in [9.17, 15) is 0 Å². The molecule has 1 aromatic heterocycles. The predicted octanol–water partition coefficient (Wildman–Crippen LogP) is 4.26. The molecule has 122 valence electrons. The molecule has 0 radical (unpaired) electrons. The summed E-state index contributed by atoms with van der Waals surface area (Å²) in [6.07, 6.45) is 0. The van der Waals surface area contributed by atoms with Crippen molar-refractivity contribution < 1.29 is 4.52 Å². The van der Waals surface area contributed by atoms with E-state index in [0.717, 1.165) is 41.5 Å². The molecule has 0 spiro atoms. The van der Waals surface area contributed by atoms with Crippen LogP contribution < -0.4 is 10.6 Å². The number of fused-ring (bicyclic) bond motifs is 3. The predicted molar refractivity (Wildman–Crippen MR) is 97.3 cm³/mol. The lowest BCUT2D eigenvalue weighted by molar-refractivity contribution is 0.432. The summed E-state index contributed by atoms with van der Waals surface area (Å²) in [6.45, 7) is 6.08. The highest BCUT2D eigenvalue weighted by molar-refractivity contribution is 5.82. The standard InChI is InChI=1S/C20H21N3O/c1-3-23(4-2)20-18-17(13-8-6-5-7-9-13)16-12-14(21)10-11-15(16)19(18)24-22-20/h5-12,17H,3-4,21H2,1-2H3/t17-/m0/s1. The lowest BCUT2D eigenvalue weighted by atomic mass is 9.89. The van der Waals surface area contributed by atoms with Gasteiger partial charge in [0.15, 0.2) is 11.6 Å². The number of hydrogen-bond acceptors (Lipinski definition) is 4. The molecular weight excluding hydrogens is 298 g/mol. The van der Waals surface area contributed by atoms with Gasteiger partial charge in [-0.25, -0.2) is 0 Å². The quantitative estimate of drug-likeness (QED) is 0.571. The molecule has 2 N–H and O–H groups in total. The molecule has 2 aromatic carbocycles. The van der Waals surface area contributed by atoms with Gasteiger partial charge in [0, 0.05) is 30.3 Å². The first kappa shape index (κ1) is 14.8. The molecule has 4 nitrogen and oxygen atoms in total. The summed E-state index contributed by atoms with van der Waals surface area (Å²) in [5.74, 6) is 1.93. The molecule has 0 amide bonds. The molecular formula is C20H21N3O. The van der Waals surface area contributed by atoms with E-state index in [1.54, 1.807) is 0 Å². The van der Waals surface area contributed by atoms with E-state index < -0.39 is 0 Å². The number of nitrogens with zero attached hydrogens (tertiary/aromatic N) is 2. The average Bonchev–Trinajstić information content (AvgIpc) is 3.15. The van der Waals surface area contributed by atoms with E-state index in [4.69, 9.17) is 10.3 Å². The van der Waals surface area contributed by atoms with Crippen LogP contribution in [0.2, 0.25) is 0 Å². The van der Waals surface area contributed by atoms with Crippen molar-refractivity contribution in [3.63, 3.8) is 0 Å². The minimum atomic E-state index is 0.113. The Labute approximate surface area is 141 Å². The van der Waals surface area contributed by atoms with Crippen molar-refractivity contribution >= 4 is 11.5 Å². The number of benzene rings is 2. The molecule has 3 aromatic rings. The Kier molecular flexibility index (Phi) is 3.53. The summed E-state index contributed by atoms with van der Waals surface area (Å²) in [7, 11) is 0. The van der Waals surface area contributed by atoms with Gasteiger partial charge in [0.2, 0.25) is 0 Å². The van der Waals surface area contributed by atoms with Gasteiger partial charge >= 0.3 is 0 Å². The zero-order chi connectivity index (χ0) is 16.7. The van der Waals surface area contributed by atoms with Crippen molar-refractivity contribution in [1.82, 2.24) is 5.16 Å². The van der Waals surface area contributed by atoms with Crippen molar-refractivity contribution in [2.24, 2.45) is 0 Å². The molecule has 0 fully saturated rings. The average molecular weight is 319 g/mol. The summed E-state index contributed by atoms with van der Waals surface area (Å²) >= 11 is 0. The van der Waals surface area contributed by atoms with Crippen LogP contribution in [0.25, 0.3) is 11.3 Å². The molecule has 4 heteroatoms. The number of nitrogens with two attached hydrogens (primary N) is 1. The molecule has 1 aliphatic rings. The molecule has 24 heavy (non-hydrogen) atoms. The smallest absolute Gasteiger partial charge is 0.176 e. The van der Waals surface area contributed by atoms with Crippen molar-refractivity contribution in [2.75, 3.05) is 23.7 Å². The Morgan fingerprint density at radius 1 is 1.08 bits per heavy atom. The molecule has 1 atom stereocenters. The van der Waals surface area contributed by atoms with Crippen LogP contribution in [0.5, 0.6) is 0 Å². The Balaban J connectivity index is 1.97. The molecule has 0 bridgehead atoms. The number of anilines is 2. The fourth-order valence-corrected chi connectivity index (χ4v) is 3.67. The van der Waals surface area contributed by atoms with Crippen LogP contribution in [0.15, 0.2) is 53.1 Å². The van der Waals surface area contributed by atoms with Crippen LogP contribution in [0.3, 0.4) is 0 Å². The van der Waals surface area contributed by atoms with Crippen LogP contribution in [0.1, 0.15) is 36.5 Å². The topological polar surface area (TPSA) is 55.3 Å². The molecule has 0 aliphatic heterocycles. The zero-order valence-corrected chi connectivity index (χ0v) is 14.0. The highest BCUT2D eigenvalue weighted by Gasteiger charge is 2.38. The van der Waals surface area contributed by atoms with E-state index in [1.165, 1.54) is 11.1 Å². The van der Waals surface area contributed by atoms with Crippen molar-refractivity contribution in [3.8, 4) is 11.3 Å². The van der Waals surface area contributed by atoms with Gasteiger partial charge in [-0.2, -0.15) is 0 Å². The lowest BCUT2D eigenvalue weighted by Crippen LogP contribution is -2.23. The molecule has 0 saturated heterocycles. The maximum Gasteiger partial charge on any atom is 0.176 e. The Morgan fingerprint density at radius 3 is 2.54 bits per heavy atom. The SMILES string of the molecule is CCN(CC)c1noc2c1[C@@H](c1ccccc1)c1cc(N)ccc1-2. The second-order valence-electron chi connectivity index (χ2n) is 6.11. The molecule has 0 saturated carbocycles. The number of nitrogen functional groups attached to an aromatic ring is 1. The van der Waals surface area contributed by atoms with Gasteiger partial charge in [0.05, 0.1) is 5.56 Å². The van der Waals surface area contributed by atoms with Gasteiger partial charge in [0.1, 0.15) is 0 Å². The first-order valence-corrected chi connectivity index (χ1v) is 8.43. The van der Waals surface area contributed by atoms with Crippen LogP contribution in [-0.4, -0.2) is 18.2 Å². The minimum Gasteiger partial charge on any atom is -0.399 e. The summed E-state index contributed by atoms with van der Waals surface area (Å²) in [6, 6.07) is 16.5. The molecule has 1 aliphatic carbocycles. The van der Waals surface area contributed by atoms with Gasteiger partial charge in [0.25, 0.3) is 0 Å². The summed E-state index contributed by atoms with van der Waals surface area (Å²) in [5, 5.41) is 4.40. The van der Waals surface area contributed by atoms with Crippen LogP contribution in [0.4, 0.5) is 11.5 Å². The molecule has 0 unspecified atom stereocenters. The van der Waals surface area contributed by atoms with Gasteiger partial charge < -0.3 is 15.2 Å². The van der Waals surface area contributed by atoms with Crippen LogP contribution in [0, 0.1) is 0 Å². The first-order chi connectivity index (χ1) is 11.7. The lowest BCUT2D eigenvalue weighted by Gasteiger charge is -2.21. The van der Waals surface area contributed by atoms with E-state index in [2.05, 4.69) is 54.2 Å². The largest absolute Gasteiger partial charge is 0.399 e. The minimum absolute atomic E-state index is 0.113. The number of hydrogen-bond donors (Lipinski definition) is 1. The first-order valence-electron chi connectivity index (χ1n) is 8.43. The Morgan fingerprint density at radius 2 is 1.83 bits per heavy atom. The third-order valence-electron chi connectivity index (χ3n) is 4.82. The summed E-state index contributed by atoms with van der Waals surface area (Å²) in [5.41, 5.74) is 11.5. The summed E-state index contributed by atoms with van der Waals surface area (Å²) < 4.78 is 5.78. The number of rotatable bonds is 4. The maximum absolute atomic E-state index is 6.07. The van der Waals surface area contributed by atoms with Gasteiger partial charge in [-0.1, -0.05) is 35.5 Å². The second-order valence-corrected chi connectivity index (χ2v) is 6.11. The third-order valence-corrected chi connectivity index (χ3v) is 4.82. The third kappa shape index (κ3) is 2.10. The van der Waals surface area contributed by atoms with E-state index in [1.807, 2.05) is 18.2 Å². The Hall–Kier alpha value is -2.75. The van der Waals surface area contributed by atoms with E-state index in [-0.39, 0.29) is 5.92 Å². The normalized spacial score (nSPS) is 15.2. The zero-order valence-electron chi connectivity index (χ0n) is 14.0. The molecule has 1 heterocycles. The van der Waals surface area contributed by atoms with Gasteiger partial charge in [-0.15, -0.1) is 0 Å². The fraction of sp³-hybridized carbons (Fsp3) is 0.250. The highest BCUT2D eigenvalue weighted by atomic mass is 16.5. The highest BCUT2D eigenvalue weighted by Crippen LogP contribution is 2.52. The van der Waals surface area contributed by atoms with Crippen molar-refractivity contribution in [3.05, 3.63) is 65.2 Å². The van der Waals surface area contributed by atoms with Gasteiger partial charge in [-0.05, 0) is 43.2 Å². The van der Waals surface area contributed by atoms with Crippen molar-refractivity contribution in [2.45, 2.75) is 19.8 Å². The second kappa shape index (κ2) is 5.71. The van der Waals surface area contributed by atoms with Gasteiger partial charge in [-0.3, -0.25) is 0 Å². The van der Waals surface area contributed by atoms with Crippen molar-refractivity contribution in [1.29, 1.82) is 0 Å². The van der Waals surface area contributed by atoms with Crippen LogP contribution in [-0.2, 0) is 0 Å². The monoisotopic (exact) mass is 319 g/mol.